The molecule has 0 saturated carbocycles. The Hall–Kier alpha value is 1.78. The Morgan fingerprint density at radius 3 is 2.50 bits per heavy atom. The summed E-state index contributed by atoms with van der Waals surface area (Å²) in [6.45, 7) is 0. The minimum atomic E-state index is -0.280. The minimum Gasteiger partial charge on any atom is -0.358 e. The van der Waals surface area contributed by atoms with Crippen LogP contribution in [0.3, 0.4) is 0 Å². The summed E-state index contributed by atoms with van der Waals surface area (Å²) >= 11 is -0.280. The van der Waals surface area contributed by atoms with Gasteiger partial charge in [0.25, 0.3) is 0 Å². The number of rotatable bonds is 0. The maximum atomic E-state index is 6.34. The van der Waals surface area contributed by atoms with Crippen LogP contribution in [0, 0.1) is 38.5 Å². The van der Waals surface area contributed by atoms with Crippen LogP contribution in [0.2, 0.25) is 0 Å². The van der Waals surface area contributed by atoms with Gasteiger partial charge in [0.1, 0.15) is 0 Å². The first-order chi connectivity index (χ1) is 2.41. The first-order valence-electron chi connectivity index (χ1n) is 1.52. The van der Waals surface area contributed by atoms with Crippen LogP contribution in [-0.4, -0.2) is 5.52 Å². The van der Waals surface area contributed by atoms with Crippen LogP contribution in [0.4, 0.5) is 0 Å². The molecule has 28 valence electrons. The van der Waals surface area contributed by atoms with Crippen LogP contribution in [0.15, 0.2) is 0 Å². The van der Waals surface area contributed by atoms with Gasteiger partial charge in [0.05, 0.1) is 0 Å². The van der Waals surface area contributed by atoms with Crippen molar-refractivity contribution in [1.82, 2.24) is 0 Å². The normalized spacial score (nSPS) is 7.50. The Bertz CT molecular complexity index is 11.5. The molecule has 0 spiro atoms. The van der Waals surface area contributed by atoms with Gasteiger partial charge in [-0.05, 0) is 0 Å². The third-order valence-corrected chi connectivity index (χ3v) is 0. The topological polar surface area (TPSA) is 0 Å². The molecule has 0 amide bonds. The van der Waals surface area contributed by atoms with Gasteiger partial charge in [-0.15, -0.1) is 0 Å². The molecule has 0 N–H and O–H groups in total. The van der Waals surface area contributed by atoms with Crippen molar-refractivity contribution in [2.24, 2.45) is 0 Å². The second-order valence-corrected chi connectivity index (χ2v) is 0. The molecule has 0 radical (unpaired) electrons. The Kier molecular flexibility index (Phi) is 31.1. The molecule has 0 saturated heterocycles. The van der Waals surface area contributed by atoms with Crippen molar-refractivity contribution in [2.75, 3.05) is 4.93 Å². The van der Waals surface area contributed by atoms with E-state index in [9.17, 15) is 0 Å². The van der Waals surface area contributed by atoms with E-state index in [4.69, 9.17) is 1.96 Å². The van der Waals surface area contributed by atoms with Gasteiger partial charge in [-0.1, -0.05) is 0 Å². The molecule has 2 heteroatoms. The molecule has 0 heterocycles. The van der Waals surface area contributed by atoms with Crippen molar-refractivity contribution < 1.29 is 32.5 Å². The van der Waals surface area contributed by atoms with Crippen LogP contribution in [0.5, 0.6) is 0 Å². The van der Waals surface area contributed by atoms with E-state index in [-0.39, 0.29) is 53.5 Å². The molecule has 0 atom stereocenters. The molecular weight excluding hydrogens is 389 g/mol. The molecule has 0 aliphatic carbocycles. The van der Waals surface area contributed by atoms with Gasteiger partial charge < -0.3 is 7.40 Å². The van der Waals surface area contributed by atoms with Gasteiger partial charge in [0, 0.05) is 31.1 Å². The molecule has 0 unspecified atom stereocenters. The molecule has 0 rings (SSSR count). The van der Waals surface area contributed by atoms with Crippen LogP contribution in [0.25, 0.3) is 0 Å². The second kappa shape index (κ2) is 21.5. The summed E-state index contributed by atoms with van der Waals surface area (Å²) in [7, 11) is 2.50. The summed E-state index contributed by atoms with van der Waals surface area (Å²) < 4.78 is 11.8. The fraction of sp³-hybridized carbons (Fsp3) is 0.500. The average molecular weight is 400 g/mol. The van der Waals surface area contributed by atoms with E-state index in [0.29, 0.717) is 0 Å². The summed E-state index contributed by atoms with van der Waals surface area (Å²) in [5.41, 5.74) is 0. The standard InChI is InChI=1S/CH5I.CH3.U/c1-2;;/h2H2,1H3;1H3;/q;-1;/i2D;1T;. The number of hydrogen-bond acceptors (Lipinski definition) is 0. The largest absolute Gasteiger partial charge is 0.358 e. The predicted molar refractivity (Wildman–Crippen MR) is 29.1 cm³/mol. The summed E-state index contributed by atoms with van der Waals surface area (Å²) in [5, 5.41) is 0. The molecular formula is C2H8IU-. The Morgan fingerprint density at radius 1 is 2.50 bits per heavy atom. The van der Waals surface area contributed by atoms with Gasteiger partial charge in [-0.3, -0.25) is 0 Å². The zero-order valence-corrected chi connectivity index (χ0v) is 9.11. The van der Waals surface area contributed by atoms with E-state index in [1.165, 1.54) is 0 Å². The molecule has 0 fully saturated rings. The summed E-state index contributed by atoms with van der Waals surface area (Å²) in [5.74, 6) is 0. The van der Waals surface area contributed by atoms with Gasteiger partial charge in [0.2, 0.25) is 0 Å². The van der Waals surface area contributed by atoms with Gasteiger partial charge in [-0.25, -0.2) is 1.37 Å². The third kappa shape index (κ3) is 9.22. The van der Waals surface area contributed by atoms with E-state index in [0.717, 1.165) is 0 Å². The third-order valence-electron chi connectivity index (χ3n) is 0. The first kappa shape index (κ1) is 5.78. The van der Waals surface area contributed by atoms with E-state index in [2.05, 4.69) is 7.40 Å². The minimum absolute atomic E-state index is 0. The van der Waals surface area contributed by atoms with E-state index < -0.39 is 0 Å². The second-order valence-electron chi connectivity index (χ2n) is 0. The van der Waals surface area contributed by atoms with Crippen molar-refractivity contribution in [3.05, 3.63) is 7.40 Å². The van der Waals surface area contributed by atoms with Gasteiger partial charge in [-0.2, -0.15) is 0 Å². The van der Waals surface area contributed by atoms with Crippen molar-refractivity contribution in [2.45, 2.75) is 0 Å². The Labute approximate surface area is 67.1 Å². The number of hydrogen-bond donors (Lipinski definition) is 0. The fourth-order valence-corrected chi connectivity index (χ4v) is 0. The SMILES string of the molecule is [2H][IH]C.[3H][CH2-].[U]. The summed E-state index contributed by atoms with van der Waals surface area (Å²) in [6.07, 6.45) is 0. The van der Waals surface area contributed by atoms with Crippen LogP contribution < -0.4 is 0 Å². The average Bonchev–Trinajstić information content (AvgIpc) is 1.46. The number of halogens is 1. The van der Waals surface area contributed by atoms with E-state index in [1.54, 1.807) is 0 Å². The molecule has 4 heavy (non-hydrogen) atoms. The molecule has 0 bridgehead atoms. The van der Waals surface area contributed by atoms with Crippen molar-refractivity contribution in [3.8, 4) is 0 Å². The maximum absolute atomic E-state index is 6.34. The zero-order chi connectivity index (χ0) is 4.71. The monoisotopic (exact) mass is 400 g/mol. The summed E-state index contributed by atoms with van der Waals surface area (Å²) in [6, 6.07) is 0. The van der Waals surface area contributed by atoms with Gasteiger partial charge >= 0.3 is 27.9 Å². The van der Waals surface area contributed by atoms with Crippen molar-refractivity contribution >= 4 is 22.4 Å². The molecule has 0 nitrogen and oxygen atoms in total. The smallest absolute Gasteiger partial charge is 0 e. The molecule has 0 aliphatic rings. The zero-order valence-electron chi connectivity index (χ0n) is 4.62. The maximum Gasteiger partial charge on any atom is 0 e. The van der Waals surface area contributed by atoms with Crippen molar-refractivity contribution in [1.29, 1.82) is 0.594 Å². The van der Waals surface area contributed by atoms with E-state index >= 15 is 0 Å². The fourth-order valence-electron chi connectivity index (χ4n) is 0. The van der Waals surface area contributed by atoms with Crippen LogP contribution in [-0.2, 0) is 0 Å². The van der Waals surface area contributed by atoms with Crippen molar-refractivity contribution in [3.63, 3.8) is 0 Å². The Balaban J connectivity index is -0.0000000275. The van der Waals surface area contributed by atoms with Gasteiger partial charge in [0.15, 0.2) is 0 Å². The molecule has 0 aliphatic heterocycles. The predicted octanol–water partition coefficient (Wildman–Crippen LogP) is 0.966. The molecule has 0 aromatic carbocycles. The Morgan fingerprint density at radius 2 is 2.50 bits per heavy atom. The molecule has 0 aromatic rings. The van der Waals surface area contributed by atoms with E-state index in [1.807, 2.05) is 4.93 Å². The number of alkyl halides is 1. The summed E-state index contributed by atoms with van der Waals surface area (Å²) in [4.78, 5) is 1.92. The van der Waals surface area contributed by atoms with Crippen LogP contribution >= 0.6 is 22.4 Å². The first-order valence-corrected chi connectivity index (χ1v) is 2.74. The van der Waals surface area contributed by atoms with Crippen LogP contribution in [0.1, 0.15) is 1.37 Å². The quantitative estimate of drug-likeness (QED) is 0.323. The molecule has 0 aromatic heterocycles.